The number of fused-ring (bicyclic) bond motifs is 3. The molecule has 0 amide bonds. The van der Waals surface area contributed by atoms with E-state index in [1.54, 1.807) is 36.1 Å². The second-order valence-electron chi connectivity index (χ2n) is 7.79. The van der Waals surface area contributed by atoms with Crippen LogP contribution < -0.4 is 0 Å². The van der Waals surface area contributed by atoms with E-state index in [2.05, 4.69) is 5.10 Å². The number of hydrogen-bond acceptors (Lipinski definition) is 3. The summed E-state index contributed by atoms with van der Waals surface area (Å²) in [5.41, 5.74) is -0.760. The lowest BCUT2D eigenvalue weighted by atomic mass is 9.88. The minimum atomic E-state index is -4.86. The highest BCUT2D eigenvalue weighted by Crippen LogP contribution is 2.57. The van der Waals surface area contributed by atoms with E-state index in [-0.39, 0.29) is 16.9 Å². The maximum absolute atomic E-state index is 14.1. The number of carbonyl (C=O) groups excluding carboxylic acids is 1. The SMILES string of the molecule is CC(=O)CCCn1cc(-c2cc(C)cc3c2-c2ccccc2C3(O)C(F)(F)F)cn1. The summed E-state index contributed by atoms with van der Waals surface area (Å²) < 4.78 is 43.9. The van der Waals surface area contributed by atoms with Crippen molar-refractivity contribution in [1.29, 1.82) is 0 Å². The number of Topliss-reactive ketones (excluding diaryl/α,β-unsaturated/α-hetero) is 1. The van der Waals surface area contributed by atoms with Crippen LogP contribution in [-0.4, -0.2) is 26.8 Å². The molecule has 4 nitrogen and oxygen atoms in total. The molecule has 1 aromatic heterocycles. The monoisotopic (exact) mass is 414 g/mol. The van der Waals surface area contributed by atoms with Crippen molar-refractivity contribution in [3.05, 3.63) is 65.5 Å². The highest BCUT2D eigenvalue weighted by molar-refractivity contribution is 5.92. The summed E-state index contributed by atoms with van der Waals surface area (Å²) in [7, 11) is 0. The molecule has 0 saturated carbocycles. The zero-order valence-electron chi connectivity index (χ0n) is 16.6. The first-order chi connectivity index (χ1) is 14.1. The summed E-state index contributed by atoms with van der Waals surface area (Å²) >= 11 is 0. The van der Waals surface area contributed by atoms with Gasteiger partial charge in [-0.05, 0) is 37.0 Å². The van der Waals surface area contributed by atoms with Gasteiger partial charge in [0.25, 0.3) is 0 Å². The molecule has 7 heteroatoms. The summed E-state index contributed by atoms with van der Waals surface area (Å²) in [5.74, 6) is 0.0990. The normalized spacial score (nSPS) is 17.7. The lowest BCUT2D eigenvalue weighted by molar-refractivity contribution is -0.246. The Hall–Kier alpha value is -2.93. The fourth-order valence-corrected chi connectivity index (χ4v) is 4.17. The quantitative estimate of drug-likeness (QED) is 0.639. The van der Waals surface area contributed by atoms with Crippen LogP contribution in [0.4, 0.5) is 13.2 Å². The number of hydrogen-bond donors (Lipinski definition) is 1. The minimum absolute atomic E-state index is 0.0990. The highest BCUT2D eigenvalue weighted by atomic mass is 19.4. The Balaban J connectivity index is 1.86. The number of halogens is 3. The van der Waals surface area contributed by atoms with Crippen LogP contribution in [0.15, 0.2) is 48.8 Å². The Morgan fingerprint density at radius 2 is 1.90 bits per heavy atom. The fraction of sp³-hybridized carbons (Fsp3) is 0.304. The van der Waals surface area contributed by atoms with Gasteiger partial charge in [0.15, 0.2) is 0 Å². The van der Waals surface area contributed by atoms with Crippen molar-refractivity contribution in [2.75, 3.05) is 0 Å². The van der Waals surface area contributed by atoms with Crippen molar-refractivity contribution in [1.82, 2.24) is 9.78 Å². The number of ketones is 1. The number of carbonyl (C=O) groups is 1. The van der Waals surface area contributed by atoms with Crippen LogP contribution in [0.1, 0.15) is 36.5 Å². The van der Waals surface area contributed by atoms with Crippen molar-refractivity contribution in [2.45, 2.75) is 45.0 Å². The molecule has 1 aliphatic rings. The lowest BCUT2D eigenvalue weighted by Crippen LogP contribution is -2.41. The Morgan fingerprint density at radius 3 is 2.60 bits per heavy atom. The second kappa shape index (κ2) is 7.09. The van der Waals surface area contributed by atoms with Crippen LogP contribution in [0.2, 0.25) is 0 Å². The van der Waals surface area contributed by atoms with E-state index in [9.17, 15) is 23.1 Å². The topological polar surface area (TPSA) is 55.1 Å². The molecule has 3 aromatic rings. The Kier molecular flexibility index (Phi) is 4.81. The summed E-state index contributed by atoms with van der Waals surface area (Å²) in [6, 6.07) is 9.32. The van der Waals surface area contributed by atoms with Crippen molar-refractivity contribution in [2.24, 2.45) is 0 Å². The first-order valence-electron chi connectivity index (χ1n) is 9.69. The third-order valence-corrected chi connectivity index (χ3v) is 5.53. The molecule has 0 saturated heterocycles. The summed E-state index contributed by atoms with van der Waals surface area (Å²) in [5, 5.41) is 15.2. The van der Waals surface area contributed by atoms with Gasteiger partial charge >= 0.3 is 6.18 Å². The van der Waals surface area contributed by atoms with Crippen molar-refractivity contribution in [3.8, 4) is 22.3 Å². The average molecular weight is 414 g/mol. The Bertz CT molecular complexity index is 1130. The molecule has 1 aliphatic carbocycles. The molecule has 1 heterocycles. The van der Waals surface area contributed by atoms with Gasteiger partial charge in [-0.3, -0.25) is 4.68 Å². The zero-order valence-corrected chi connectivity index (χ0v) is 16.6. The largest absolute Gasteiger partial charge is 0.425 e. The molecular formula is C23H21F3N2O2. The number of aliphatic hydroxyl groups is 1. The molecule has 0 fully saturated rings. The highest BCUT2D eigenvalue weighted by Gasteiger charge is 2.61. The van der Waals surface area contributed by atoms with Gasteiger partial charge in [-0.2, -0.15) is 18.3 Å². The number of rotatable bonds is 5. The average Bonchev–Trinajstić information content (AvgIpc) is 3.23. The van der Waals surface area contributed by atoms with Gasteiger partial charge in [-0.25, -0.2) is 0 Å². The van der Waals surface area contributed by atoms with E-state index >= 15 is 0 Å². The molecule has 156 valence electrons. The lowest BCUT2D eigenvalue weighted by Gasteiger charge is -2.28. The van der Waals surface area contributed by atoms with Crippen molar-refractivity contribution < 1.29 is 23.1 Å². The standard InChI is InChI=1S/C23H21F3N2O2/c1-14-10-18(16-12-27-28(13-16)9-5-6-15(2)29)21-17-7-3-4-8-19(17)22(30,20(21)11-14)23(24,25)26/h3-4,7-8,10-13,30H,5-6,9H2,1-2H3. The smallest absolute Gasteiger partial charge is 0.372 e. The summed E-state index contributed by atoms with van der Waals surface area (Å²) in [6.45, 7) is 3.78. The Labute approximate surface area is 172 Å². The van der Waals surface area contributed by atoms with Crippen LogP contribution in [0.3, 0.4) is 0 Å². The van der Waals surface area contributed by atoms with Gasteiger partial charge in [-0.1, -0.05) is 42.0 Å². The van der Waals surface area contributed by atoms with Gasteiger partial charge < -0.3 is 9.90 Å². The van der Waals surface area contributed by atoms with Gasteiger partial charge in [0, 0.05) is 35.9 Å². The van der Waals surface area contributed by atoms with Crippen molar-refractivity contribution in [3.63, 3.8) is 0 Å². The first kappa shape index (κ1) is 20.3. The molecule has 0 bridgehead atoms. The van der Waals surface area contributed by atoms with E-state index < -0.39 is 11.8 Å². The predicted octanol–water partition coefficient (Wildman–Crippen LogP) is 5.01. The number of aromatic nitrogens is 2. The van der Waals surface area contributed by atoms with Gasteiger partial charge in [0.1, 0.15) is 5.78 Å². The maximum Gasteiger partial charge on any atom is 0.425 e. The van der Waals surface area contributed by atoms with E-state index in [4.69, 9.17) is 0 Å². The summed E-state index contributed by atoms with van der Waals surface area (Å²) in [6.07, 6.45) is -0.407. The fourth-order valence-electron chi connectivity index (χ4n) is 4.17. The molecule has 0 spiro atoms. The van der Waals surface area contributed by atoms with Crippen LogP contribution >= 0.6 is 0 Å². The number of nitrogens with zero attached hydrogens (tertiary/aromatic N) is 2. The molecule has 0 radical (unpaired) electrons. The molecule has 1 N–H and O–H groups in total. The molecule has 1 atom stereocenters. The Morgan fingerprint density at radius 1 is 1.17 bits per heavy atom. The van der Waals surface area contributed by atoms with Crippen LogP contribution in [0.25, 0.3) is 22.3 Å². The molecular weight excluding hydrogens is 393 g/mol. The van der Waals surface area contributed by atoms with Gasteiger partial charge in [0.05, 0.1) is 6.20 Å². The van der Waals surface area contributed by atoms with Crippen LogP contribution in [0.5, 0.6) is 0 Å². The van der Waals surface area contributed by atoms with E-state index in [1.165, 1.54) is 25.1 Å². The zero-order chi connectivity index (χ0) is 21.7. The van der Waals surface area contributed by atoms with E-state index in [0.717, 1.165) is 0 Å². The van der Waals surface area contributed by atoms with Crippen LogP contribution in [0, 0.1) is 6.92 Å². The first-order valence-corrected chi connectivity index (χ1v) is 9.69. The number of aryl methyl sites for hydroxylation is 2. The minimum Gasteiger partial charge on any atom is -0.372 e. The maximum atomic E-state index is 14.1. The van der Waals surface area contributed by atoms with Crippen molar-refractivity contribution >= 4 is 5.78 Å². The second-order valence-corrected chi connectivity index (χ2v) is 7.79. The van der Waals surface area contributed by atoms with E-state index in [1.807, 2.05) is 6.07 Å². The molecule has 0 aliphatic heterocycles. The molecule has 30 heavy (non-hydrogen) atoms. The number of benzene rings is 2. The summed E-state index contributed by atoms with van der Waals surface area (Å²) in [4.78, 5) is 11.1. The molecule has 1 unspecified atom stereocenters. The number of alkyl halides is 3. The van der Waals surface area contributed by atoms with Crippen LogP contribution in [-0.2, 0) is 16.9 Å². The third kappa shape index (κ3) is 3.13. The van der Waals surface area contributed by atoms with E-state index in [0.29, 0.717) is 47.2 Å². The van der Waals surface area contributed by atoms with Gasteiger partial charge in [-0.15, -0.1) is 0 Å². The third-order valence-electron chi connectivity index (χ3n) is 5.53. The molecule has 2 aromatic carbocycles. The molecule has 4 rings (SSSR count). The van der Waals surface area contributed by atoms with Gasteiger partial charge in [0.2, 0.25) is 5.60 Å². The predicted molar refractivity (Wildman–Crippen MR) is 107 cm³/mol.